The molecule has 0 aliphatic heterocycles. The summed E-state index contributed by atoms with van der Waals surface area (Å²) in [6, 6.07) is 1.90. The lowest BCUT2D eigenvalue weighted by Crippen LogP contribution is -2.21. The van der Waals surface area contributed by atoms with Crippen LogP contribution in [0.1, 0.15) is 30.9 Å². The molecule has 0 spiro atoms. The molecule has 1 aliphatic carbocycles. The lowest BCUT2D eigenvalue weighted by Gasteiger charge is -2.30. The van der Waals surface area contributed by atoms with Crippen molar-refractivity contribution in [1.29, 1.82) is 0 Å². The molecule has 15 heavy (non-hydrogen) atoms. The first kappa shape index (κ1) is 10.8. The Balaban J connectivity index is 2.30. The zero-order valence-electron chi connectivity index (χ0n) is 8.01. The minimum Gasteiger partial charge on any atom is -0.388 e. The van der Waals surface area contributed by atoms with Gasteiger partial charge >= 0.3 is 0 Å². The lowest BCUT2D eigenvalue weighted by molar-refractivity contribution is 0.0589. The predicted molar refractivity (Wildman–Crippen MR) is 53.7 cm³/mol. The average Bonchev–Trinajstić information content (AvgIpc) is 2.08. The van der Waals surface area contributed by atoms with Crippen LogP contribution in [-0.4, -0.2) is 5.11 Å². The molecular weight excluding hydrogens is 222 g/mol. The van der Waals surface area contributed by atoms with Crippen molar-refractivity contribution in [2.75, 3.05) is 0 Å². The van der Waals surface area contributed by atoms with Crippen LogP contribution in [0.3, 0.4) is 0 Å². The monoisotopic (exact) mass is 232 g/mol. The van der Waals surface area contributed by atoms with Gasteiger partial charge in [0, 0.05) is 5.56 Å². The van der Waals surface area contributed by atoms with E-state index >= 15 is 0 Å². The molecular formula is C11H11ClF2O. The van der Waals surface area contributed by atoms with Crippen LogP contribution in [-0.2, 0) is 0 Å². The van der Waals surface area contributed by atoms with Crippen LogP contribution in [0.4, 0.5) is 8.78 Å². The van der Waals surface area contributed by atoms with Crippen LogP contribution in [0, 0.1) is 17.6 Å². The number of hydrogen-bond donors (Lipinski definition) is 1. The van der Waals surface area contributed by atoms with Crippen molar-refractivity contribution in [3.63, 3.8) is 0 Å². The van der Waals surface area contributed by atoms with Crippen LogP contribution in [0.2, 0.25) is 5.02 Å². The van der Waals surface area contributed by atoms with Gasteiger partial charge in [-0.3, -0.25) is 0 Å². The first-order valence-corrected chi connectivity index (χ1v) is 5.30. The van der Waals surface area contributed by atoms with E-state index in [9.17, 15) is 13.9 Å². The van der Waals surface area contributed by atoms with Gasteiger partial charge in [-0.2, -0.15) is 0 Å². The standard InChI is InChI=1S/C11H11ClF2O/c12-8-5-9(13)7(4-10(8)14)11(15)6-2-1-3-6/h4-6,11,15H,1-3H2. The van der Waals surface area contributed by atoms with E-state index in [0.717, 1.165) is 31.4 Å². The fraction of sp³-hybridized carbons (Fsp3) is 0.455. The lowest BCUT2D eigenvalue weighted by atomic mass is 9.78. The first-order chi connectivity index (χ1) is 7.09. The van der Waals surface area contributed by atoms with Crippen molar-refractivity contribution in [2.45, 2.75) is 25.4 Å². The van der Waals surface area contributed by atoms with Crippen LogP contribution < -0.4 is 0 Å². The third-order valence-corrected chi connectivity index (χ3v) is 3.24. The fourth-order valence-corrected chi connectivity index (χ4v) is 1.92. The minimum absolute atomic E-state index is 0.0154. The van der Waals surface area contributed by atoms with E-state index in [1.165, 1.54) is 0 Å². The topological polar surface area (TPSA) is 20.2 Å². The third-order valence-electron chi connectivity index (χ3n) is 2.95. The summed E-state index contributed by atoms with van der Waals surface area (Å²) in [6.07, 6.45) is 1.86. The Morgan fingerprint density at radius 3 is 2.47 bits per heavy atom. The Kier molecular flexibility index (Phi) is 2.94. The summed E-state index contributed by atoms with van der Waals surface area (Å²) in [4.78, 5) is 0. The summed E-state index contributed by atoms with van der Waals surface area (Å²) in [5.74, 6) is -1.27. The van der Waals surface area contributed by atoms with Gasteiger partial charge in [0.15, 0.2) is 0 Å². The van der Waals surface area contributed by atoms with Crippen molar-refractivity contribution in [3.8, 4) is 0 Å². The maximum absolute atomic E-state index is 13.4. The summed E-state index contributed by atoms with van der Waals surface area (Å²) in [7, 11) is 0. The molecule has 1 N–H and O–H groups in total. The van der Waals surface area contributed by atoms with E-state index in [0.29, 0.717) is 0 Å². The second-order valence-electron chi connectivity index (χ2n) is 3.92. The van der Waals surface area contributed by atoms with Gasteiger partial charge in [0.1, 0.15) is 11.6 Å². The van der Waals surface area contributed by atoms with Gasteiger partial charge in [0.25, 0.3) is 0 Å². The highest BCUT2D eigenvalue weighted by Crippen LogP contribution is 2.39. The summed E-state index contributed by atoms with van der Waals surface area (Å²) >= 11 is 5.42. The van der Waals surface area contributed by atoms with E-state index in [1.807, 2.05) is 0 Å². The van der Waals surface area contributed by atoms with E-state index in [1.54, 1.807) is 0 Å². The molecule has 1 saturated carbocycles. The molecule has 1 atom stereocenters. The normalized spacial score (nSPS) is 18.7. The molecule has 0 amide bonds. The quantitative estimate of drug-likeness (QED) is 0.775. The van der Waals surface area contributed by atoms with Crippen molar-refractivity contribution in [1.82, 2.24) is 0 Å². The summed E-state index contributed by atoms with van der Waals surface area (Å²) in [5.41, 5.74) is 0.0154. The van der Waals surface area contributed by atoms with Crippen LogP contribution >= 0.6 is 11.6 Å². The van der Waals surface area contributed by atoms with Gasteiger partial charge in [-0.25, -0.2) is 8.78 Å². The molecule has 2 rings (SSSR count). The summed E-state index contributed by atoms with van der Waals surface area (Å²) < 4.78 is 26.5. The van der Waals surface area contributed by atoms with E-state index < -0.39 is 17.7 Å². The first-order valence-electron chi connectivity index (χ1n) is 4.92. The number of rotatable bonds is 2. The van der Waals surface area contributed by atoms with Gasteiger partial charge in [-0.15, -0.1) is 0 Å². The Bertz CT molecular complexity index is 377. The molecule has 1 nitrogen and oxygen atoms in total. The average molecular weight is 233 g/mol. The zero-order valence-corrected chi connectivity index (χ0v) is 8.77. The third kappa shape index (κ3) is 1.99. The number of aliphatic hydroxyl groups is 1. The highest BCUT2D eigenvalue weighted by Gasteiger charge is 2.29. The molecule has 1 aliphatic rings. The van der Waals surface area contributed by atoms with Gasteiger partial charge in [-0.05, 0) is 30.9 Å². The number of benzene rings is 1. The van der Waals surface area contributed by atoms with Crippen LogP contribution in [0.25, 0.3) is 0 Å². The molecule has 1 aromatic carbocycles. The van der Waals surface area contributed by atoms with Crippen molar-refractivity contribution in [2.24, 2.45) is 5.92 Å². The molecule has 0 heterocycles. The molecule has 0 radical (unpaired) electrons. The summed E-state index contributed by atoms with van der Waals surface area (Å²) in [6.45, 7) is 0. The maximum Gasteiger partial charge on any atom is 0.142 e. The van der Waals surface area contributed by atoms with Gasteiger partial charge in [0.05, 0.1) is 11.1 Å². The molecule has 4 heteroatoms. The van der Waals surface area contributed by atoms with Crippen molar-refractivity contribution in [3.05, 3.63) is 34.4 Å². The number of halogens is 3. The molecule has 1 unspecified atom stereocenters. The number of hydrogen-bond acceptors (Lipinski definition) is 1. The highest BCUT2D eigenvalue weighted by molar-refractivity contribution is 6.30. The Labute approximate surface area is 91.7 Å². The molecule has 1 aromatic rings. The van der Waals surface area contributed by atoms with E-state index in [2.05, 4.69) is 0 Å². The van der Waals surface area contributed by atoms with E-state index in [4.69, 9.17) is 11.6 Å². The predicted octanol–water partition coefficient (Wildman–Crippen LogP) is 3.45. The van der Waals surface area contributed by atoms with E-state index in [-0.39, 0.29) is 16.5 Å². The van der Waals surface area contributed by atoms with Crippen LogP contribution in [0.5, 0.6) is 0 Å². The fourth-order valence-electron chi connectivity index (χ4n) is 1.77. The molecule has 1 fully saturated rings. The number of aliphatic hydroxyl groups excluding tert-OH is 1. The zero-order chi connectivity index (χ0) is 11.0. The molecule has 0 saturated heterocycles. The second-order valence-corrected chi connectivity index (χ2v) is 4.33. The minimum atomic E-state index is -0.912. The van der Waals surface area contributed by atoms with Gasteiger partial charge in [-0.1, -0.05) is 18.0 Å². The largest absolute Gasteiger partial charge is 0.388 e. The van der Waals surface area contributed by atoms with Crippen molar-refractivity contribution >= 4 is 11.6 Å². The SMILES string of the molecule is OC(c1cc(F)c(Cl)cc1F)C1CCC1. The highest BCUT2D eigenvalue weighted by atomic mass is 35.5. The Hall–Kier alpha value is -0.670. The van der Waals surface area contributed by atoms with Gasteiger partial charge in [0.2, 0.25) is 0 Å². The Morgan fingerprint density at radius 1 is 1.27 bits per heavy atom. The van der Waals surface area contributed by atoms with Crippen molar-refractivity contribution < 1.29 is 13.9 Å². The van der Waals surface area contributed by atoms with Crippen LogP contribution in [0.15, 0.2) is 12.1 Å². The Morgan fingerprint density at radius 2 is 1.93 bits per heavy atom. The van der Waals surface area contributed by atoms with Gasteiger partial charge < -0.3 is 5.11 Å². The summed E-state index contributed by atoms with van der Waals surface area (Å²) in [5, 5.41) is 9.53. The molecule has 82 valence electrons. The molecule has 0 aromatic heterocycles. The second kappa shape index (κ2) is 4.06. The maximum atomic E-state index is 13.4. The smallest absolute Gasteiger partial charge is 0.142 e. The molecule has 0 bridgehead atoms.